The molecule has 2 N–H and O–H groups in total. The van der Waals surface area contributed by atoms with Gasteiger partial charge in [-0.3, -0.25) is 9.59 Å². The van der Waals surface area contributed by atoms with Gasteiger partial charge in [0.25, 0.3) is 11.8 Å². The van der Waals surface area contributed by atoms with E-state index in [9.17, 15) is 18.0 Å². The van der Waals surface area contributed by atoms with Crippen LogP contribution < -0.4 is 10.6 Å². The maximum absolute atomic E-state index is 12.7. The Morgan fingerprint density at radius 2 is 1.62 bits per heavy atom. The van der Waals surface area contributed by atoms with Gasteiger partial charge in [0, 0.05) is 30.6 Å². The lowest BCUT2D eigenvalue weighted by molar-refractivity contribution is 0.0963. The number of thiophene rings is 1. The second-order valence-electron chi connectivity index (χ2n) is 7.01. The number of piperidine rings is 1. The Morgan fingerprint density at radius 1 is 1.00 bits per heavy atom. The van der Waals surface area contributed by atoms with Gasteiger partial charge in [0.2, 0.25) is 10.0 Å². The van der Waals surface area contributed by atoms with Crippen LogP contribution in [0.3, 0.4) is 0 Å². The fraction of sp³-hybridized carbons (Fsp3) is 0.400. The first-order valence-corrected chi connectivity index (χ1v) is 11.7. The molecule has 1 aliphatic rings. The molecule has 0 radical (unpaired) electrons. The largest absolute Gasteiger partial charge is 0.355 e. The van der Waals surface area contributed by atoms with Crippen LogP contribution in [0.15, 0.2) is 29.2 Å². The van der Waals surface area contributed by atoms with E-state index in [0.717, 1.165) is 29.7 Å². The molecule has 2 amide bonds. The summed E-state index contributed by atoms with van der Waals surface area (Å²) in [5.41, 5.74) is 1.61. The number of benzene rings is 1. The van der Waals surface area contributed by atoms with E-state index in [1.165, 1.54) is 39.9 Å². The molecule has 0 aliphatic carbocycles. The quantitative estimate of drug-likeness (QED) is 0.754. The smallest absolute Gasteiger partial charge is 0.256 e. The summed E-state index contributed by atoms with van der Waals surface area (Å²) >= 11 is 1.34. The number of sulfonamides is 1. The molecule has 0 saturated carbocycles. The summed E-state index contributed by atoms with van der Waals surface area (Å²) in [6.07, 6.45) is 2.78. The number of hydrogen-bond donors (Lipinski definition) is 2. The highest BCUT2D eigenvalue weighted by molar-refractivity contribution is 7.89. The molecule has 0 unspecified atom stereocenters. The van der Waals surface area contributed by atoms with Gasteiger partial charge in [-0.05, 0) is 56.5 Å². The zero-order chi connectivity index (χ0) is 21.2. The number of carbonyl (C=O) groups is 2. The molecule has 156 valence electrons. The number of aryl methyl sites for hydroxylation is 1. The van der Waals surface area contributed by atoms with Crippen LogP contribution in [0, 0.1) is 13.8 Å². The van der Waals surface area contributed by atoms with Gasteiger partial charge in [-0.1, -0.05) is 6.42 Å². The van der Waals surface area contributed by atoms with Crippen LogP contribution in [0.5, 0.6) is 0 Å². The molecule has 0 bridgehead atoms. The predicted molar refractivity (Wildman–Crippen MR) is 114 cm³/mol. The first kappa shape index (κ1) is 21.5. The Bertz CT molecular complexity index is 1020. The Kier molecular flexibility index (Phi) is 6.40. The van der Waals surface area contributed by atoms with Gasteiger partial charge in [0.05, 0.1) is 10.5 Å². The molecule has 3 rings (SSSR count). The van der Waals surface area contributed by atoms with E-state index in [-0.39, 0.29) is 10.8 Å². The lowest BCUT2D eigenvalue weighted by atomic mass is 10.1. The second-order valence-corrected chi connectivity index (χ2v) is 10.2. The predicted octanol–water partition coefficient (Wildman–Crippen LogP) is 3.15. The van der Waals surface area contributed by atoms with Gasteiger partial charge in [-0.2, -0.15) is 4.31 Å². The number of rotatable bonds is 5. The van der Waals surface area contributed by atoms with Gasteiger partial charge in [0.1, 0.15) is 5.00 Å². The number of nitrogens with one attached hydrogen (secondary N) is 2. The Balaban J connectivity index is 1.80. The van der Waals surface area contributed by atoms with Crippen molar-refractivity contribution in [3.63, 3.8) is 0 Å². The van der Waals surface area contributed by atoms with Gasteiger partial charge in [-0.15, -0.1) is 11.3 Å². The summed E-state index contributed by atoms with van der Waals surface area (Å²) in [5, 5.41) is 5.85. The van der Waals surface area contributed by atoms with Gasteiger partial charge < -0.3 is 10.6 Å². The molecule has 7 nitrogen and oxygen atoms in total. The van der Waals surface area contributed by atoms with E-state index in [1.54, 1.807) is 7.05 Å². The van der Waals surface area contributed by atoms with Crippen molar-refractivity contribution >= 4 is 38.2 Å². The zero-order valence-electron chi connectivity index (χ0n) is 16.7. The molecule has 29 heavy (non-hydrogen) atoms. The highest BCUT2D eigenvalue weighted by Crippen LogP contribution is 2.32. The minimum absolute atomic E-state index is 0.185. The van der Waals surface area contributed by atoms with Crippen molar-refractivity contribution in [3.05, 3.63) is 45.8 Å². The SMILES string of the molecule is CNC(=O)c1c(NC(=O)c2ccc(S(=O)(=O)N3CCCCC3)cc2)sc(C)c1C. The van der Waals surface area contributed by atoms with Crippen molar-refractivity contribution < 1.29 is 18.0 Å². The fourth-order valence-electron chi connectivity index (χ4n) is 3.32. The highest BCUT2D eigenvalue weighted by atomic mass is 32.2. The Morgan fingerprint density at radius 3 is 2.21 bits per heavy atom. The topological polar surface area (TPSA) is 95.6 Å². The van der Waals surface area contributed by atoms with Crippen LogP contribution in [0.2, 0.25) is 0 Å². The van der Waals surface area contributed by atoms with E-state index in [2.05, 4.69) is 10.6 Å². The summed E-state index contributed by atoms with van der Waals surface area (Å²) in [6.45, 7) is 4.79. The zero-order valence-corrected chi connectivity index (χ0v) is 18.4. The van der Waals surface area contributed by atoms with Crippen LogP contribution in [0.4, 0.5) is 5.00 Å². The third-order valence-corrected chi connectivity index (χ3v) is 8.17. The lowest BCUT2D eigenvalue weighted by Gasteiger charge is -2.25. The van der Waals surface area contributed by atoms with E-state index in [0.29, 0.717) is 29.2 Å². The number of amides is 2. The van der Waals surface area contributed by atoms with Crippen LogP contribution >= 0.6 is 11.3 Å². The van der Waals surface area contributed by atoms with Gasteiger partial charge in [0.15, 0.2) is 0 Å². The van der Waals surface area contributed by atoms with Crippen molar-refractivity contribution in [1.82, 2.24) is 9.62 Å². The van der Waals surface area contributed by atoms with Gasteiger partial charge >= 0.3 is 0 Å². The lowest BCUT2D eigenvalue weighted by Crippen LogP contribution is -2.35. The average Bonchev–Trinajstić information content (AvgIpc) is 3.01. The molecule has 2 aromatic rings. The molecule has 0 spiro atoms. The Hall–Kier alpha value is -2.23. The molecule has 1 saturated heterocycles. The van der Waals surface area contributed by atoms with Gasteiger partial charge in [-0.25, -0.2) is 8.42 Å². The van der Waals surface area contributed by atoms with Crippen LogP contribution in [-0.4, -0.2) is 44.7 Å². The normalized spacial score (nSPS) is 15.1. The Labute approximate surface area is 175 Å². The molecule has 1 fully saturated rings. The average molecular weight is 436 g/mol. The van der Waals surface area contributed by atoms with E-state index in [1.807, 2.05) is 13.8 Å². The first-order valence-electron chi connectivity index (χ1n) is 9.49. The first-order chi connectivity index (χ1) is 13.8. The third kappa shape index (κ3) is 4.36. The maximum Gasteiger partial charge on any atom is 0.256 e. The fourth-order valence-corrected chi connectivity index (χ4v) is 5.89. The van der Waals surface area contributed by atoms with Crippen LogP contribution in [-0.2, 0) is 10.0 Å². The molecular weight excluding hydrogens is 410 g/mol. The van der Waals surface area contributed by atoms with Crippen LogP contribution in [0.1, 0.15) is 50.4 Å². The molecule has 1 aliphatic heterocycles. The summed E-state index contributed by atoms with van der Waals surface area (Å²) in [5.74, 6) is -0.650. The molecule has 1 aromatic heterocycles. The van der Waals surface area contributed by atoms with E-state index < -0.39 is 15.9 Å². The van der Waals surface area contributed by atoms with Crippen LogP contribution in [0.25, 0.3) is 0 Å². The molecule has 1 aromatic carbocycles. The summed E-state index contributed by atoms with van der Waals surface area (Å²) in [6, 6.07) is 5.92. The van der Waals surface area contributed by atoms with E-state index >= 15 is 0 Å². The third-order valence-electron chi connectivity index (χ3n) is 5.14. The molecular formula is C20H25N3O4S2. The van der Waals surface area contributed by atoms with E-state index in [4.69, 9.17) is 0 Å². The van der Waals surface area contributed by atoms with Crippen molar-refractivity contribution in [2.24, 2.45) is 0 Å². The minimum Gasteiger partial charge on any atom is -0.355 e. The number of anilines is 1. The molecule has 0 atom stereocenters. The summed E-state index contributed by atoms with van der Waals surface area (Å²) < 4.78 is 27.0. The molecule has 9 heteroatoms. The highest BCUT2D eigenvalue weighted by Gasteiger charge is 2.26. The van der Waals surface area contributed by atoms with Crippen molar-refractivity contribution in [3.8, 4) is 0 Å². The molecule has 2 heterocycles. The number of hydrogen-bond acceptors (Lipinski definition) is 5. The minimum atomic E-state index is -3.54. The maximum atomic E-state index is 12.7. The van der Waals surface area contributed by atoms with Crippen molar-refractivity contribution in [2.45, 2.75) is 38.0 Å². The number of carbonyl (C=O) groups excluding carboxylic acids is 2. The number of nitrogens with zero attached hydrogens (tertiary/aromatic N) is 1. The monoisotopic (exact) mass is 435 g/mol. The second kappa shape index (κ2) is 8.64. The van der Waals surface area contributed by atoms with Crippen molar-refractivity contribution in [1.29, 1.82) is 0 Å². The van der Waals surface area contributed by atoms with Crippen molar-refractivity contribution in [2.75, 3.05) is 25.5 Å². The summed E-state index contributed by atoms with van der Waals surface area (Å²) in [4.78, 5) is 26.0. The standard InChI is InChI=1S/C20H25N3O4S2/c1-13-14(2)28-20(17(13)19(25)21-3)22-18(24)15-7-9-16(10-8-15)29(26,27)23-11-5-4-6-12-23/h7-10H,4-6,11-12H2,1-3H3,(H,21,25)(H,22,24). The summed E-state index contributed by atoms with van der Waals surface area (Å²) in [7, 11) is -1.99.